The van der Waals surface area contributed by atoms with Gasteiger partial charge in [0.05, 0.1) is 5.02 Å². The van der Waals surface area contributed by atoms with Gasteiger partial charge in [-0.05, 0) is 31.4 Å². The Bertz CT molecular complexity index is 389. The quantitative estimate of drug-likeness (QED) is 0.829. The zero-order valence-corrected chi connectivity index (χ0v) is 10.4. The number of piperidine rings is 1. The Kier molecular flexibility index (Phi) is 4.26. The number of hydrogen-bond acceptors (Lipinski definition) is 2. The van der Waals surface area contributed by atoms with Gasteiger partial charge in [-0.15, -0.1) is 0 Å². The van der Waals surface area contributed by atoms with Gasteiger partial charge in [-0.2, -0.15) is 0 Å². The van der Waals surface area contributed by atoms with E-state index >= 15 is 0 Å². The molecule has 0 aliphatic carbocycles. The van der Waals surface area contributed by atoms with E-state index in [0.717, 1.165) is 25.9 Å². The number of rotatable bonds is 3. The first-order valence-corrected chi connectivity index (χ1v) is 6.30. The van der Waals surface area contributed by atoms with Gasteiger partial charge in [-0.25, -0.2) is 0 Å². The van der Waals surface area contributed by atoms with Crippen molar-refractivity contribution in [1.82, 2.24) is 4.90 Å². The number of likely N-dealkylation sites (tertiary alicyclic amines) is 1. The summed E-state index contributed by atoms with van der Waals surface area (Å²) in [5.74, 6) is 0.615. The number of carbonyl (C=O) groups is 1. The molecule has 0 radical (unpaired) electrons. The molecule has 0 aromatic heterocycles. The van der Waals surface area contributed by atoms with Gasteiger partial charge in [-0.1, -0.05) is 23.7 Å². The lowest BCUT2D eigenvalue weighted by atomic mass is 10.1. The van der Waals surface area contributed by atoms with E-state index in [1.165, 1.54) is 6.42 Å². The maximum absolute atomic E-state index is 11.8. The van der Waals surface area contributed by atoms with E-state index in [1.54, 1.807) is 12.1 Å². The van der Waals surface area contributed by atoms with Crippen molar-refractivity contribution in [2.45, 2.75) is 19.3 Å². The van der Waals surface area contributed by atoms with E-state index in [-0.39, 0.29) is 12.5 Å². The molecule has 3 nitrogen and oxygen atoms in total. The topological polar surface area (TPSA) is 29.5 Å². The second-order valence-corrected chi connectivity index (χ2v) is 4.57. The minimum Gasteiger partial charge on any atom is -0.482 e. The average Bonchev–Trinajstić information content (AvgIpc) is 2.38. The summed E-state index contributed by atoms with van der Waals surface area (Å²) in [6.45, 7) is 1.78. The van der Waals surface area contributed by atoms with Crippen LogP contribution in [-0.2, 0) is 4.79 Å². The number of amides is 1. The Hall–Kier alpha value is -1.22. The number of hydrogen-bond donors (Lipinski definition) is 0. The fourth-order valence-corrected chi connectivity index (χ4v) is 2.13. The largest absolute Gasteiger partial charge is 0.482 e. The van der Waals surface area contributed by atoms with Crippen molar-refractivity contribution < 1.29 is 9.53 Å². The lowest BCUT2D eigenvalue weighted by Gasteiger charge is -2.26. The third kappa shape index (κ3) is 3.37. The van der Waals surface area contributed by atoms with Crippen LogP contribution in [0.3, 0.4) is 0 Å². The molecule has 1 aliphatic rings. The third-order valence-electron chi connectivity index (χ3n) is 2.90. The molecule has 0 saturated carbocycles. The Balaban J connectivity index is 1.85. The average molecular weight is 254 g/mol. The number of nitrogens with zero attached hydrogens (tertiary/aromatic N) is 1. The summed E-state index contributed by atoms with van der Waals surface area (Å²) < 4.78 is 5.43. The standard InChI is InChI=1S/C13H16ClNO2/c14-11-6-2-3-7-12(11)17-10-13(16)15-8-4-1-5-9-15/h2-3,6-7H,1,4-5,8-10H2. The van der Waals surface area contributed by atoms with Crippen LogP contribution in [-0.4, -0.2) is 30.5 Å². The molecule has 1 heterocycles. The minimum atomic E-state index is 0.0459. The molecule has 17 heavy (non-hydrogen) atoms. The highest BCUT2D eigenvalue weighted by Crippen LogP contribution is 2.23. The molecule has 1 aliphatic heterocycles. The maximum Gasteiger partial charge on any atom is 0.260 e. The number of halogens is 1. The second-order valence-electron chi connectivity index (χ2n) is 4.16. The lowest BCUT2D eigenvalue weighted by Crippen LogP contribution is -2.38. The van der Waals surface area contributed by atoms with Crippen molar-refractivity contribution in [3.8, 4) is 5.75 Å². The van der Waals surface area contributed by atoms with Gasteiger partial charge >= 0.3 is 0 Å². The van der Waals surface area contributed by atoms with E-state index in [9.17, 15) is 4.79 Å². The molecular weight excluding hydrogens is 238 g/mol. The summed E-state index contributed by atoms with van der Waals surface area (Å²) in [4.78, 5) is 13.7. The van der Waals surface area contributed by atoms with E-state index in [2.05, 4.69) is 0 Å². The zero-order chi connectivity index (χ0) is 12.1. The summed E-state index contributed by atoms with van der Waals surface area (Å²) in [5, 5.41) is 0.541. The van der Waals surface area contributed by atoms with Gasteiger partial charge in [0, 0.05) is 13.1 Å². The van der Waals surface area contributed by atoms with Crippen molar-refractivity contribution in [2.24, 2.45) is 0 Å². The Morgan fingerprint density at radius 3 is 2.65 bits per heavy atom. The van der Waals surface area contributed by atoms with Crippen LogP contribution in [0.1, 0.15) is 19.3 Å². The Labute approximate surface area is 106 Å². The van der Waals surface area contributed by atoms with Gasteiger partial charge in [0.25, 0.3) is 5.91 Å². The SMILES string of the molecule is O=C(COc1ccccc1Cl)N1CCCCC1. The summed E-state index contributed by atoms with van der Waals surface area (Å²) >= 11 is 5.94. The van der Waals surface area contributed by atoms with Crippen LogP contribution >= 0.6 is 11.6 Å². The predicted molar refractivity (Wildman–Crippen MR) is 67.4 cm³/mol. The lowest BCUT2D eigenvalue weighted by molar-refractivity contribution is -0.134. The number of ether oxygens (including phenoxy) is 1. The molecule has 1 amide bonds. The summed E-state index contributed by atoms with van der Waals surface area (Å²) in [6.07, 6.45) is 3.41. The first-order valence-electron chi connectivity index (χ1n) is 5.92. The van der Waals surface area contributed by atoms with Crippen LogP contribution in [0, 0.1) is 0 Å². The molecule has 4 heteroatoms. The van der Waals surface area contributed by atoms with Crippen LogP contribution < -0.4 is 4.74 Å². The van der Waals surface area contributed by atoms with Crippen LogP contribution in [0.25, 0.3) is 0 Å². The Morgan fingerprint density at radius 2 is 1.94 bits per heavy atom. The molecule has 0 atom stereocenters. The van der Waals surface area contributed by atoms with Gasteiger partial charge in [0.2, 0.25) is 0 Å². The third-order valence-corrected chi connectivity index (χ3v) is 3.21. The van der Waals surface area contributed by atoms with E-state index in [1.807, 2.05) is 17.0 Å². The molecule has 0 N–H and O–H groups in total. The highest BCUT2D eigenvalue weighted by Gasteiger charge is 2.16. The van der Waals surface area contributed by atoms with E-state index in [4.69, 9.17) is 16.3 Å². The maximum atomic E-state index is 11.8. The van der Waals surface area contributed by atoms with E-state index < -0.39 is 0 Å². The van der Waals surface area contributed by atoms with Crippen LogP contribution in [0.2, 0.25) is 5.02 Å². The molecule has 1 aromatic carbocycles. The Morgan fingerprint density at radius 1 is 1.24 bits per heavy atom. The van der Waals surface area contributed by atoms with Crippen molar-refractivity contribution in [1.29, 1.82) is 0 Å². The van der Waals surface area contributed by atoms with Crippen molar-refractivity contribution in [3.05, 3.63) is 29.3 Å². The monoisotopic (exact) mass is 253 g/mol. The smallest absolute Gasteiger partial charge is 0.260 e. The van der Waals surface area contributed by atoms with Crippen LogP contribution in [0.15, 0.2) is 24.3 Å². The zero-order valence-electron chi connectivity index (χ0n) is 9.69. The number of carbonyl (C=O) groups excluding carboxylic acids is 1. The normalized spacial score (nSPS) is 15.7. The molecule has 0 unspecified atom stereocenters. The van der Waals surface area contributed by atoms with Crippen molar-refractivity contribution in [3.63, 3.8) is 0 Å². The molecule has 2 rings (SSSR count). The van der Waals surface area contributed by atoms with Gasteiger partial charge < -0.3 is 9.64 Å². The van der Waals surface area contributed by atoms with Gasteiger partial charge in [-0.3, -0.25) is 4.79 Å². The summed E-state index contributed by atoms with van der Waals surface area (Å²) in [7, 11) is 0. The highest BCUT2D eigenvalue weighted by atomic mass is 35.5. The fraction of sp³-hybridized carbons (Fsp3) is 0.462. The highest BCUT2D eigenvalue weighted by molar-refractivity contribution is 6.32. The molecule has 92 valence electrons. The van der Waals surface area contributed by atoms with Crippen LogP contribution in [0.5, 0.6) is 5.75 Å². The van der Waals surface area contributed by atoms with Gasteiger partial charge in [0.15, 0.2) is 6.61 Å². The fourth-order valence-electron chi connectivity index (χ4n) is 1.94. The van der Waals surface area contributed by atoms with Crippen LogP contribution in [0.4, 0.5) is 0 Å². The van der Waals surface area contributed by atoms with Gasteiger partial charge in [0.1, 0.15) is 5.75 Å². The summed E-state index contributed by atoms with van der Waals surface area (Å²) in [5.41, 5.74) is 0. The number of benzene rings is 1. The molecule has 0 spiro atoms. The predicted octanol–water partition coefficient (Wildman–Crippen LogP) is 2.73. The first kappa shape index (κ1) is 12.2. The second kappa shape index (κ2) is 5.92. The molecule has 1 saturated heterocycles. The molecule has 1 fully saturated rings. The summed E-state index contributed by atoms with van der Waals surface area (Å²) in [6, 6.07) is 7.20. The minimum absolute atomic E-state index is 0.0459. The van der Waals surface area contributed by atoms with E-state index in [0.29, 0.717) is 10.8 Å². The molecular formula is C13H16ClNO2. The van der Waals surface area contributed by atoms with Crippen molar-refractivity contribution >= 4 is 17.5 Å². The van der Waals surface area contributed by atoms with Crippen molar-refractivity contribution in [2.75, 3.05) is 19.7 Å². The molecule has 1 aromatic rings. The first-order chi connectivity index (χ1) is 8.27. The number of para-hydroxylation sites is 1. The molecule has 0 bridgehead atoms.